The van der Waals surface area contributed by atoms with Crippen LogP contribution in [0.1, 0.15) is 12.1 Å². The van der Waals surface area contributed by atoms with E-state index in [0.29, 0.717) is 0 Å². The van der Waals surface area contributed by atoms with Crippen molar-refractivity contribution in [2.75, 3.05) is 0 Å². The second-order valence-electron chi connectivity index (χ2n) is 3.59. The largest absolute Gasteiger partial charge is 0.241 e. The molecule has 0 unspecified atom stereocenters. The molecule has 0 aliphatic heterocycles. The highest BCUT2D eigenvalue weighted by Gasteiger charge is 2.00. The number of benzene rings is 1. The van der Waals surface area contributed by atoms with E-state index >= 15 is 0 Å². The van der Waals surface area contributed by atoms with E-state index < -0.39 is 0 Å². The Hall–Kier alpha value is -1.96. The molecule has 2 aromatic rings. The highest BCUT2D eigenvalue weighted by atomic mass is 14.8. The molecule has 1 heterocycles. The predicted octanol–water partition coefficient (Wildman–Crippen LogP) is 3.26. The standard InChI is InChI=1S/C14H14N2/c1-2-3-9-13-10-14(16-11-15-13)12-7-5-4-6-8-12/h2,4-8,10-11H,1,3,9H2. The van der Waals surface area contributed by atoms with Crippen LogP contribution in [0.3, 0.4) is 0 Å². The van der Waals surface area contributed by atoms with Gasteiger partial charge in [-0.25, -0.2) is 9.97 Å². The minimum Gasteiger partial charge on any atom is -0.241 e. The van der Waals surface area contributed by atoms with Gasteiger partial charge in [-0.2, -0.15) is 0 Å². The fourth-order valence-corrected chi connectivity index (χ4v) is 1.55. The van der Waals surface area contributed by atoms with E-state index in [1.54, 1.807) is 6.33 Å². The Morgan fingerprint density at radius 3 is 2.69 bits per heavy atom. The van der Waals surface area contributed by atoms with E-state index in [-0.39, 0.29) is 0 Å². The second kappa shape index (κ2) is 5.21. The lowest BCUT2D eigenvalue weighted by Crippen LogP contribution is -1.92. The molecule has 80 valence electrons. The Labute approximate surface area is 95.7 Å². The summed E-state index contributed by atoms with van der Waals surface area (Å²) in [4.78, 5) is 8.52. The first-order valence-corrected chi connectivity index (χ1v) is 5.37. The molecule has 0 aliphatic rings. The molecule has 0 amide bonds. The van der Waals surface area contributed by atoms with Crippen LogP contribution in [-0.4, -0.2) is 9.97 Å². The maximum Gasteiger partial charge on any atom is 0.116 e. The molecule has 0 saturated heterocycles. The van der Waals surface area contributed by atoms with Gasteiger partial charge in [0.15, 0.2) is 0 Å². The lowest BCUT2D eigenvalue weighted by molar-refractivity contribution is 0.929. The molecular weight excluding hydrogens is 196 g/mol. The third kappa shape index (κ3) is 2.54. The van der Waals surface area contributed by atoms with Gasteiger partial charge in [0.25, 0.3) is 0 Å². The van der Waals surface area contributed by atoms with Gasteiger partial charge >= 0.3 is 0 Å². The zero-order valence-corrected chi connectivity index (χ0v) is 9.13. The summed E-state index contributed by atoms with van der Waals surface area (Å²) in [6.45, 7) is 3.71. The van der Waals surface area contributed by atoms with Crippen molar-refractivity contribution in [1.29, 1.82) is 0 Å². The molecule has 2 nitrogen and oxygen atoms in total. The summed E-state index contributed by atoms with van der Waals surface area (Å²) in [6, 6.07) is 12.2. The lowest BCUT2D eigenvalue weighted by Gasteiger charge is -2.02. The number of hydrogen-bond donors (Lipinski definition) is 0. The van der Waals surface area contributed by atoms with Crippen LogP contribution in [-0.2, 0) is 6.42 Å². The smallest absolute Gasteiger partial charge is 0.116 e. The molecule has 2 heteroatoms. The number of aryl methyl sites for hydroxylation is 1. The van der Waals surface area contributed by atoms with Gasteiger partial charge in [-0.3, -0.25) is 0 Å². The average Bonchev–Trinajstić information content (AvgIpc) is 2.38. The SMILES string of the molecule is C=CCCc1cc(-c2ccccc2)ncn1. The third-order valence-corrected chi connectivity index (χ3v) is 2.40. The number of nitrogens with zero attached hydrogens (tertiary/aromatic N) is 2. The second-order valence-corrected chi connectivity index (χ2v) is 3.59. The minimum atomic E-state index is 0.922. The molecule has 0 N–H and O–H groups in total. The third-order valence-electron chi connectivity index (χ3n) is 2.40. The maximum absolute atomic E-state index is 4.28. The summed E-state index contributed by atoms with van der Waals surface area (Å²) in [7, 11) is 0. The van der Waals surface area contributed by atoms with Crippen LogP contribution >= 0.6 is 0 Å². The van der Waals surface area contributed by atoms with E-state index in [2.05, 4.69) is 28.7 Å². The summed E-state index contributed by atoms with van der Waals surface area (Å²) in [6.07, 6.45) is 5.40. The fraction of sp³-hybridized carbons (Fsp3) is 0.143. The molecule has 0 bridgehead atoms. The van der Waals surface area contributed by atoms with Crippen LogP contribution in [0.4, 0.5) is 0 Å². The van der Waals surface area contributed by atoms with Crippen molar-refractivity contribution in [1.82, 2.24) is 9.97 Å². The molecule has 0 aliphatic carbocycles. The normalized spacial score (nSPS) is 10.0. The molecular formula is C14H14N2. The Kier molecular flexibility index (Phi) is 3.44. The number of allylic oxidation sites excluding steroid dienone is 1. The maximum atomic E-state index is 4.28. The van der Waals surface area contributed by atoms with E-state index in [0.717, 1.165) is 29.8 Å². The number of hydrogen-bond acceptors (Lipinski definition) is 2. The zero-order chi connectivity index (χ0) is 11.2. The van der Waals surface area contributed by atoms with Crippen LogP contribution in [0.5, 0.6) is 0 Å². The Morgan fingerprint density at radius 2 is 1.94 bits per heavy atom. The molecule has 0 spiro atoms. The molecule has 0 fully saturated rings. The summed E-state index contributed by atoms with van der Waals surface area (Å²) in [5.74, 6) is 0. The molecule has 2 rings (SSSR count). The Morgan fingerprint density at radius 1 is 1.12 bits per heavy atom. The van der Waals surface area contributed by atoms with Crippen LogP contribution < -0.4 is 0 Å². The Bertz CT molecular complexity index is 463. The van der Waals surface area contributed by atoms with Crippen LogP contribution in [0.2, 0.25) is 0 Å². The van der Waals surface area contributed by atoms with Gasteiger partial charge in [0.2, 0.25) is 0 Å². The summed E-state index contributed by atoms with van der Waals surface area (Å²) >= 11 is 0. The van der Waals surface area contributed by atoms with E-state index in [1.165, 1.54) is 0 Å². The lowest BCUT2D eigenvalue weighted by atomic mass is 10.1. The van der Waals surface area contributed by atoms with Gasteiger partial charge in [0, 0.05) is 11.3 Å². The molecule has 16 heavy (non-hydrogen) atoms. The molecule has 1 aromatic heterocycles. The first kappa shape index (κ1) is 10.6. The van der Waals surface area contributed by atoms with Crippen LogP contribution in [0, 0.1) is 0 Å². The molecule has 0 radical (unpaired) electrons. The van der Waals surface area contributed by atoms with Gasteiger partial charge in [-0.1, -0.05) is 36.4 Å². The van der Waals surface area contributed by atoms with E-state index in [9.17, 15) is 0 Å². The highest BCUT2D eigenvalue weighted by molar-refractivity contribution is 5.58. The van der Waals surface area contributed by atoms with Crippen molar-refractivity contribution in [3.8, 4) is 11.3 Å². The zero-order valence-electron chi connectivity index (χ0n) is 9.13. The van der Waals surface area contributed by atoms with E-state index in [4.69, 9.17) is 0 Å². The topological polar surface area (TPSA) is 25.8 Å². The number of aromatic nitrogens is 2. The van der Waals surface area contributed by atoms with Crippen molar-refractivity contribution in [3.05, 3.63) is 61.1 Å². The van der Waals surface area contributed by atoms with Gasteiger partial charge in [0.05, 0.1) is 5.69 Å². The summed E-state index contributed by atoms with van der Waals surface area (Å²) < 4.78 is 0. The van der Waals surface area contributed by atoms with Crippen molar-refractivity contribution in [2.45, 2.75) is 12.8 Å². The van der Waals surface area contributed by atoms with Gasteiger partial charge in [-0.05, 0) is 18.9 Å². The predicted molar refractivity (Wildman–Crippen MR) is 66.0 cm³/mol. The highest BCUT2D eigenvalue weighted by Crippen LogP contribution is 2.16. The van der Waals surface area contributed by atoms with Crippen molar-refractivity contribution in [3.63, 3.8) is 0 Å². The van der Waals surface area contributed by atoms with Crippen LogP contribution in [0.25, 0.3) is 11.3 Å². The van der Waals surface area contributed by atoms with Gasteiger partial charge < -0.3 is 0 Å². The molecule has 0 saturated carbocycles. The van der Waals surface area contributed by atoms with E-state index in [1.807, 2.05) is 30.3 Å². The van der Waals surface area contributed by atoms with Crippen molar-refractivity contribution in [2.24, 2.45) is 0 Å². The van der Waals surface area contributed by atoms with Crippen molar-refractivity contribution >= 4 is 0 Å². The van der Waals surface area contributed by atoms with Crippen molar-refractivity contribution < 1.29 is 0 Å². The first-order valence-electron chi connectivity index (χ1n) is 5.37. The molecule has 1 aromatic carbocycles. The van der Waals surface area contributed by atoms with Gasteiger partial charge in [0.1, 0.15) is 6.33 Å². The quantitative estimate of drug-likeness (QED) is 0.724. The molecule has 0 atom stereocenters. The fourth-order valence-electron chi connectivity index (χ4n) is 1.55. The monoisotopic (exact) mass is 210 g/mol. The summed E-state index contributed by atoms with van der Waals surface area (Å²) in [5.41, 5.74) is 3.17. The van der Waals surface area contributed by atoms with Gasteiger partial charge in [-0.15, -0.1) is 6.58 Å². The minimum absolute atomic E-state index is 0.922. The Balaban J connectivity index is 2.25. The van der Waals surface area contributed by atoms with Crippen LogP contribution in [0.15, 0.2) is 55.4 Å². The average molecular weight is 210 g/mol. The number of rotatable bonds is 4. The first-order chi connectivity index (χ1) is 7.90. The summed E-state index contributed by atoms with van der Waals surface area (Å²) in [5, 5.41) is 0.